The molecule has 0 unspecified atom stereocenters. The number of ether oxygens (including phenoxy) is 1. The summed E-state index contributed by atoms with van der Waals surface area (Å²) >= 11 is 0. The number of carboxylic acids is 1. The van der Waals surface area contributed by atoms with Gasteiger partial charge in [-0.05, 0) is 54.7 Å². The van der Waals surface area contributed by atoms with Gasteiger partial charge < -0.3 is 15.2 Å². The van der Waals surface area contributed by atoms with Gasteiger partial charge in [-0.15, -0.1) is 0 Å². The molecule has 0 atom stereocenters. The number of benzene rings is 2. The summed E-state index contributed by atoms with van der Waals surface area (Å²) in [5.41, 5.74) is 3.75. The molecule has 0 radical (unpaired) electrons. The van der Waals surface area contributed by atoms with E-state index in [0.29, 0.717) is 30.9 Å². The molecule has 184 valence electrons. The van der Waals surface area contributed by atoms with Crippen molar-refractivity contribution < 1.29 is 19.4 Å². The Morgan fingerprint density at radius 3 is 2.47 bits per heavy atom. The zero-order valence-electron chi connectivity index (χ0n) is 20.9. The average molecular weight is 467 g/mol. The summed E-state index contributed by atoms with van der Waals surface area (Å²) in [7, 11) is 1.76. The van der Waals surface area contributed by atoms with Gasteiger partial charge in [-0.3, -0.25) is 4.90 Å². The monoisotopic (exact) mass is 466 g/mol. The molecule has 2 amide bonds. The Kier molecular flexibility index (Phi) is 11.2. The second-order valence-electron chi connectivity index (χ2n) is 8.33. The number of carbonyl (C=O) groups excluding carboxylic acids is 1. The summed E-state index contributed by atoms with van der Waals surface area (Å²) in [6.45, 7) is 7.32. The molecule has 0 heterocycles. The van der Waals surface area contributed by atoms with Gasteiger partial charge in [0.1, 0.15) is 5.75 Å². The van der Waals surface area contributed by atoms with Crippen LogP contribution in [0.3, 0.4) is 0 Å². The van der Waals surface area contributed by atoms with Crippen molar-refractivity contribution in [3.63, 3.8) is 0 Å². The summed E-state index contributed by atoms with van der Waals surface area (Å²) in [5, 5.41) is 12.3. The van der Waals surface area contributed by atoms with Crippen LogP contribution in [-0.2, 0) is 4.79 Å². The van der Waals surface area contributed by atoms with Crippen LogP contribution < -0.4 is 15.0 Å². The van der Waals surface area contributed by atoms with E-state index in [1.807, 2.05) is 49.4 Å². The number of anilines is 1. The van der Waals surface area contributed by atoms with Crippen molar-refractivity contribution >= 4 is 23.8 Å². The van der Waals surface area contributed by atoms with Gasteiger partial charge in [-0.25, -0.2) is 9.59 Å². The molecule has 2 aromatic carbocycles. The minimum Gasteiger partial charge on any atom is -0.493 e. The fraction of sp³-hybridized carbons (Fsp3) is 0.429. The Morgan fingerprint density at radius 1 is 1.03 bits per heavy atom. The number of urea groups is 1. The molecule has 0 spiro atoms. The normalized spacial score (nSPS) is 11.2. The molecular weight excluding hydrogens is 428 g/mol. The lowest BCUT2D eigenvalue weighted by Crippen LogP contribution is -2.37. The van der Waals surface area contributed by atoms with Gasteiger partial charge >= 0.3 is 12.0 Å². The molecule has 6 heteroatoms. The van der Waals surface area contributed by atoms with Crippen LogP contribution >= 0.6 is 0 Å². The van der Waals surface area contributed by atoms with E-state index in [-0.39, 0.29) is 6.03 Å². The first kappa shape index (κ1) is 27.0. The summed E-state index contributed by atoms with van der Waals surface area (Å²) in [6.07, 6.45) is 7.25. The zero-order chi connectivity index (χ0) is 24.9. The van der Waals surface area contributed by atoms with E-state index in [1.165, 1.54) is 0 Å². The first-order chi connectivity index (χ1) is 16.4. The molecule has 34 heavy (non-hydrogen) atoms. The third-order valence-electron chi connectivity index (χ3n) is 5.66. The highest BCUT2D eigenvalue weighted by atomic mass is 16.5. The maximum atomic E-state index is 12.6. The molecule has 6 nitrogen and oxygen atoms in total. The molecule has 0 aliphatic rings. The van der Waals surface area contributed by atoms with Crippen LogP contribution in [0.25, 0.3) is 17.2 Å². The summed E-state index contributed by atoms with van der Waals surface area (Å²) in [6, 6.07) is 13.4. The van der Waals surface area contributed by atoms with Crippen LogP contribution in [0.1, 0.15) is 64.9 Å². The third-order valence-corrected chi connectivity index (χ3v) is 5.66. The molecule has 0 fully saturated rings. The maximum absolute atomic E-state index is 12.6. The Hall–Kier alpha value is -3.28. The first-order valence-electron chi connectivity index (χ1n) is 12.2. The van der Waals surface area contributed by atoms with Crippen molar-refractivity contribution in [2.45, 2.75) is 59.3 Å². The quantitative estimate of drug-likeness (QED) is 0.253. The number of carbonyl (C=O) groups is 2. The Labute approximate surface area is 203 Å². The molecule has 0 aromatic heterocycles. The van der Waals surface area contributed by atoms with Gasteiger partial charge in [0.05, 0.1) is 6.61 Å². The molecule has 0 saturated heterocycles. The second-order valence-corrected chi connectivity index (χ2v) is 8.33. The largest absolute Gasteiger partial charge is 0.493 e. The van der Waals surface area contributed by atoms with Crippen molar-refractivity contribution in [1.82, 2.24) is 5.32 Å². The molecule has 2 N–H and O–H groups in total. The fourth-order valence-electron chi connectivity index (χ4n) is 3.52. The second kappa shape index (κ2) is 14.1. The number of nitrogens with zero attached hydrogens (tertiary/aromatic N) is 1. The molecule has 2 rings (SSSR count). The van der Waals surface area contributed by atoms with Gasteiger partial charge in [0, 0.05) is 30.4 Å². The Morgan fingerprint density at radius 2 is 1.79 bits per heavy atom. The fourth-order valence-corrected chi connectivity index (χ4v) is 3.52. The average Bonchev–Trinajstić information content (AvgIpc) is 2.84. The lowest BCUT2D eigenvalue weighted by Gasteiger charge is -2.20. The van der Waals surface area contributed by atoms with Crippen molar-refractivity contribution in [3.05, 3.63) is 53.6 Å². The van der Waals surface area contributed by atoms with Crippen LogP contribution in [0.4, 0.5) is 10.5 Å². The first-order valence-corrected chi connectivity index (χ1v) is 12.2. The van der Waals surface area contributed by atoms with Crippen LogP contribution in [0.5, 0.6) is 5.75 Å². The molecule has 0 aliphatic carbocycles. The number of hydrogen-bond acceptors (Lipinski definition) is 3. The van der Waals surface area contributed by atoms with Crippen LogP contribution in [0.15, 0.2) is 48.0 Å². The highest BCUT2D eigenvalue weighted by molar-refractivity contribution is 5.93. The summed E-state index contributed by atoms with van der Waals surface area (Å²) < 4.78 is 6.10. The van der Waals surface area contributed by atoms with Crippen LogP contribution in [-0.4, -0.2) is 37.3 Å². The third kappa shape index (κ3) is 7.94. The number of hydrogen-bond donors (Lipinski definition) is 2. The standard InChI is InChI=1S/C28H38N2O4/c1-5-8-10-16-29-28(33)30(4)24-13-11-12-23(20-24)25-15-14-21(18-22(7-3)27(31)32)19-26(25)34-17-9-6-2/h11-15,18-20H,5-10,16-17H2,1-4H3,(H,29,33)(H,31,32). The highest BCUT2D eigenvalue weighted by Gasteiger charge is 2.14. The van der Waals surface area contributed by atoms with Gasteiger partial charge in [-0.1, -0.05) is 64.3 Å². The molecule has 2 aromatic rings. The molecule has 0 aliphatic heterocycles. The number of carboxylic acid groups (broad SMARTS) is 1. The number of amides is 2. The van der Waals surface area contributed by atoms with Crippen LogP contribution in [0, 0.1) is 0 Å². The topological polar surface area (TPSA) is 78.9 Å². The van der Waals surface area contributed by atoms with E-state index in [9.17, 15) is 14.7 Å². The van der Waals surface area contributed by atoms with E-state index in [2.05, 4.69) is 19.2 Å². The van der Waals surface area contributed by atoms with Gasteiger partial charge in [0.2, 0.25) is 0 Å². The van der Waals surface area contributed by atoms with Gasteiger partial charge in [-0.2, -0.15) is 0 Å². The van der Waals surface area contributed by atoms with E-state index < -0.39 is 5.97 Å². The molecular formula is C28H38N2O4. The predicted molar refractivity (Wildman–Crippen MR) is 140 cm³/mol. The van der Waals surface area contributed by atoms with Gasteiger partial charge in [0.25, 0.3) is 0 Å². The number of nitrogens with one attached hydrogen (secondary N) is 1. The lowest BCUT2D eigenvalue weighted by molar-refractivity contribution is -0.132. The van der Waals surface area contributed by atoms with Crippen molar-refractivity contribution in [3.8, 4) is 16.9 Å². The highest BCUT2D eigenvalue weighted by Crippen LogP contribution is 2.34. The number of aliphatic carboxylic acids is 1. The summed E-state index contributed by atoms with van der Waals surface area (Å²) in [4.78, 5) is 25.6. The molecule has 0 bridgehead atoms. The zero-order valence-corrected chi connectivity index (χ0v) is 20.9. The van der Waals surface area contributed by atoms with Crippen molar-refractivity contribution in [2.75, 3.05) is 25.1 Å². The van der Waals surface area contributed by atoms with E-state index in [4.69, 9.17) is 4.74 Å². The Balaban J connectivity index is 2.33. The van der Waals surface area contributed by atoms with Crippen molar-refractivity contribution in [1.29, 1.82) is 0 Å². The van der Waals surface area contributed by atoms with Crippen LogP contribution in [0.2, 0.25) is 0 Å². The lowest BCUT2D eigenvalue weighted by atomic mass is 10.0. The minimum atomic E-state index is -0.913. The van der Waals surface area contributed by atoms with Crippen molar-refractivity contribution in [2.24, 2.45) is 0 Å². The summed E-state index contributed by atoms with van der Waals surface area (Å²) in [5.74, 6) is -0.212. The number of rotatable bonds is 13. The molecule has 0 saturated carbocycles. The predicted octanol–water partition coefficient (Wildman–Crippen LogP) is 6.75. The smallest absolute Gasteiger partial charge is 0.331 e. The Bertz CT molecular complexity index is 984. The van der Waals surface area contributed by atoms with Gasteiger partial charge in [0.15, 0.2) is 0 Å². The SMILES string of the molecule is CCCCCNC(=O)N(C)c1cccc(-c2ccc(C=C(CC)C(=O)O)cc2OCCCC)c1. The van der Waals surface area contributed by atoms with E-state index in [1.54, 1.807) is 18.0 Å². The maximum Gasteiger partial charge on any atom is 0.331 e. The van der Waals surface area contributed by atoms with E-state index >= 15 is 0 Å². The minimum absolute atomic E-state index is 0.131. The number of unbranched alkanes of at least 4 members (excludes halogenated alkanes) is 3. The van der Waals surface area contributed by atoms with E-state index in [0.717, 1.165) is 54.5 Å².